The van der Waals surface area contributed by atoms with E-state index in [1.165, 1.54) is 12.7 Å². The Morgan fingerprint density at radius 3 is 2.70 bits per heavy atom. The van der Waals surface area contributed by atoms with Gasteiger partial charge in [-0.1, -0.05) is 24.6 Å². The fourth-order valence-electron chi connectivity index (χ4n) is 2.86. The van der Waals surface area contributed by atoms with Crippen LogP contribution in [0.1, 0.15) is 31.7 Å². The summed E-state index contributed by atoms with van der Waals surface area (Å²) in [6, 6.07) is 8.01. The summed E-state index contributed by atoms with van der Waals surface area (Å²) < 4.78 is 10.9. The van der Waals surface area contributed by atoms with E-state index in [1.54, 1.807) is 0 Å². The number of aryl methyl sites for hydroxylation is 1. The molecule has 2 atom stereocenters. The van der Waals surface area contributed by atoms with Crippen LogP contribution in [0.3, 0.4) is 0 Å². The van der Waals surface area contributed by atoms with Gasteiger partial charge in [0.2, 0.25) is 0 Å². The quantitative estimate of drug-likeness (QED) is 0.840. The van der Waals surface area contributed by atoms with E-state index in [9.17, 15) is 4.79 Å². The van der Waals surface area contributed by atoms with Crippen molar-refractivity contribution >= 4 is 5.97 Å². The van der Waals surface area contributed by atoms with Gasteiger partial charge in [0.15, 0.2) is 0 Å². The van der Waals surface area contributed by atoms with Crippen molar-refractivity contribution in [2.45, 2.75) is 44.8 Å². The van der Waals surface area contributed by atoms with Gasteiger partial charge in [-0.25, -0.2) is 0 Å². The van der Waals surface area contributed by atoms with Crippen LogP contribution in [0.4, 0.5) is 0 Å². The Labute approximate surface area is 120 Å². The van der Waals surface area contributed by atoms with Crippen LogP contribution in [-0.4, -0.2) is 31.3 Å². The molecule has 1 aromatic carbocycles. The molecule has 1 N–H and O–H groups in total. The Kier molecular flexibility index (Phi) is 4.65. The third-order valence-corrected chi connectivity index (χ3v) is 3.88. The molecule has 0 radical (unpaired) electrons. The van der Waals surface area contributed by atoms with Gasteiger partial charge >= 0.3 is 5.97 Å². The van der Waals surface area contributed by atoms with E-state index in [1.807, 2.05) is 38.1 Å². The van der Waals surface area contributed by atoms with Gasteiger partial charge in [-0.05, 0) is 38.4 Å². The lowest BCUT2D eigenvalue weighted by atomic mass is 9.97. The van der Waals surface area contributed by atoms with E-state index in [4.69, 9.17) is 9.47 Å². The lowest BCUT2D eigenvalue weighted by Crippen LogP contribution is -2.51. The summed E-state index contributed by atoms with van der Waals surface area (Å²) in [7, 11) is 1.44. The monoisotopic (exact) mass is 277 g/mol. The van der Waals surface area contributed by atoms with Gasteiger partial charge in [0.25, 0.3) is 0 Å². The van der Waals surface area contributed by atoms with Crippen LogP contribution in [0.5, 0.6) is 5.75 Å². The molecule has 2 rings (SSSR count). The molecule has 4 heteroatoms. The Balaban J connectivity index is 2.02. The summed E-state index contributed by atoms with van der Waals surface area (Å²) >= 11 is 0. The van der Waals surface area contributed by atoms with E-state index < -0.39 is 5.54 Å². The van der Waals surface area contributed by atoms with Gasteiger partial charge in [-0.15, -0.1) is 0 Å². The molecule has 0 bridgehead atoms. The van der Waals surface area contributed by atoms with Crippen LogP contribution in [0.25, 0.3) is 0 Å². The minimum Gasteiger partial charge on any atom is -0.490 e. The molecule has 1 aliphatic rings. The van der Waals surface area contributed by atoms with Crippen LogP contribution in [0.15, 0.2) is 24.3 Å². The van der Waals surface area contributed by atoms with Crippen molar-refractivity contribution in [2.75, 3.05) is 13.7 Å². The number of likely N-dealkylation sites (N-methyl/N-ethyl adjacent to an activating group) is 1. The standard InChI is InChI=1S/C16H23NO3/c1-4-17-16(15(18)19-3)10-9-14(11-16)20-13-7-5-12(2)6-8-13/h5-8,14,17H,4,9-11H2,1-3H3. The molecule has 1 saturated carbocycles. The van der Waals surface area contributed by atoms with E-state index in [0.717, 1.165) is 25.1 Å². The normalized spacial score (nSPS) is 25.4. The van der Waals surface area contributed by atoms with Crippen LogP contribution >= 0.6 is 0 Å². The van der Waals surface area contributed by atoms with Crippen molar-refractivity contribution in [1.82, 2.24) is 5.32 Å². The largest absolute Gasteiger partial charge is 0.490 e. The number of methoxy groups -OCH3 is 1. The van der Waals surface area contributed by atoms with E-state index in [-0.39, 0.29) is 12.1 Å². The Morgan fingerprint density at radius 1 is 1.40 bits per heavy atom. The van der Waals surface area contributed by atoms with Crippen molar-refractivity contribution in [2.24, 2.45) is 0 Å². The molecule has 0 saturated heterocycles. The van der Waals surface area contributed by atoms with Gasteiger partial charge in [0, 0.05) is 6.42 Å². The molecule has 0 amide bonds. The highest BCUT2D eigenvalue weighted by Crippen LogP contribution is 2.33. The van der Waals surface area contributed by atoms with Gasteiger partial charge in [0.1, 0.15) is 17.4 Å². The molecule has 4 nitrogen and oxygen atoms in total. The number of carbonyl (C=O) groups excluding carboxylic acids is 1. The number of benzene rings is 1. The van der Waals surface area contributed by atoms with Crippen molar-refractivity contribution in [3.05, 3.63) is 29.8 Å². The molecule has 1 aromatic rings. The average Bonchev–Trinajstić information content (AvgIpc) is 2.85. The van der Waals surface area contributed by atoms with Crippen molar-refractivity contribution in [1.29, 1.82) is 0 Å². The fraction of sp³-hybridized carbons (Fsp3) is 0.562. The van der Waals surface area contributed by atoms with E-state index in [2.05, 4.69) is 5.32 Å². The van der Waals surface area contributed by atoms with Gasteiger partial charge < -0.3 is 14.8 Å². The van der Waals surface area contributed by atoms with Crippen molar-refractivity contribution in [3.63, 3.8) is 0 Å². The predicted molar refractivity (Wildman–Crippen MR) is 77.9 cm³/mol. The number of rotatable bonds is 5. The highest BCUT2D eigenvalue weighted by atomic mass is 16.5. The first-order valence-corrected chi connectivity index (χ1v) is 7.16. The third-order valence-electron chi connectivity index (χ3n) is 3.88. The number of carbonyl (C=O) groups is 1. The minimum absolute atomic E-state index is 0.0517. The minimum atomic E-state index is -0.584. The molecule has 20 heavy (non-hydrogen) atoms. The summed E-state index contributed by atoms with van der Waals surface area (Å²) in [6.07, 6.45) is 2.32. The zero-order valence-electron chi connectivity index (χ0n) is 12.4. The van der Waals surface area contributed by atoms with E-state index in [0.29, 0.717) is 6.42 Å². The third kappa shape index (κ3) is 3.12. The van der Waals surface area contributed by atoms with Crippen LogP contribution < -0.4 is 10.1 Å². The zero-order valence-corrected chi connectivity index (χ0v) is 12.4. The van der Waals surface area contributed by atoms with Crippen molar-refractivity contribution in [3.8, 4) is 5.75 Å². The first-order valence-electron chi connectivity index (χ1n) is 7.16. The first kappa shape index (κ1) is 14.9. The molecular weight excluding hydrogens is 254 g/mol. The topological polar surface area (TPSA) is 47.6 Å². The Morgan fingerprint density at radius 2 is 2.10 bits per heavy atom. The summed E-state index contributed by atoms with van der Waals surface area (Å²) in [4.78, 5) is 12.0. The zero-order chi connectivity index (χ0) is 14.6. The summed E-state index contributed by atoms with van der Waals surface area (Å²) in [5.74, 6) is 0.673. The van der Waals surface area contributed by atoms with E-state index >= 15 is 0 Å². The second-order valence-corrected chi connectivity index (χ2v) is 5.40. The Bertz CT molecular complexity index is 457. The highest BCUT2D eigenvalue weighted by Gasteiger charge is 2.46. The highest BCUT2D eigenvalue weighted by molar-refractivity contribution is 5.81. The van der Waals surface area contributed by atoms with Gasteiger partial charge in [-0.2, -0.15) is 0 Å². The van der Waals surface area contributed by atoms with Crippen LogP contribution in [-0.2, 0) is 9.53 Å². The van der Waals surface area contributed by atoms with Crippen molar-refractivity contribution < 1.29 is 14.3 Å². The maximum absolute atomic E-state index is 12.0. The van der Waals surface area contributed by atoms with Gasteiger partial charge in [0.05, 0.1) is 7.11 Å². The molecular formula is C16H23NO3. The maximum atomic E-state index is 12.0. The lowest BCUT2D eigenvalue weighted by Gasteiger charge is -2.27. The molecule has 110 valence electrons. The first-order chi connectivity index (χ1) is 9.59. The molecule has 0 spiro atoms. The Hall–Kier alpha value is -1.55. The molecule has 0 heterocycles. The molecule has 0 aliphatic heterocycles. The predicted octanol–water partition coefficient (Wildman–Crippen LogP) is 2.45. The number of esters is 1. The second-order valence-electron chi connectivity index (χ2n) is 5.40. The average molecular weight is 277 g/mol. The number of nitrogens with one attached hydrogen (secondary N) is 1. The number of hydrogen-bond donors (Lipinski definition) is 1. The summed E-state index contributed by atoms with van der Waals surface area (Å²) in [6.45, 7) is 4.79. The van der Waals surface area contributed by atoms with Crippen LogP contribution in [0.2, 0.25) is 0 Å². The maximum Gasteiger partial charge on any atom is 0.326 e. The number of hydrogen-bond acceptors (Lipinski definition) is 4. The fourth-order valence-corrected chi connectivity index (χ4v) is 2.86. The molecule has 1 fully saturated rings. The molecule has 1 aliphatic carbocycles. The summed E-state index contributed by atoms with van der Waals surface area (Å²) in [5.41, 5.74) is 0.624. The second kappa shape index (κ2) is 6.27. The molecule has 0 aromatic heterocycles. The summed E-state index contributed by atoms with van der Waals surface area (Å²) in [5, 5.41) is 3.28. The lowest BCUT2D eigenvalue weighted by molar-refractivity contribution is -0.148. The van der Waals surface area contributed by atoms with Crippen LogP contribution in [0, 0.1) is 6.92 Å². The number of ether oxygens (including phenoxy) is 2. The van der Waals surface area contributed by atoms with Gasteiger partial charge in [-0.3, -0.25) is 4.79 Å². The molecule has 2 unspecified atom stereocenters. The smallest absolute Gasteiger partial charge is 0.326 e. The SMILES string of the molecule is CCNC1(C(=O)OC)CCC(Oc2ccc(C)cc2)C1.